The fourth-order valence-corrected chi connectivity index (χ4v) is 2.26. The van der Waals surface area contributed by atoms with Crippen LogP contribution in [-0.2, 0) is 9.63 Å². The quantitative estimate of drug-likeness (QED) is 0.646. The molecule has 0 spiro atoms. The third-order valence-corrected chi connectivity index (χ3v) is 3.81. The molecule has 8 heteroatoms. The van der Waals surface area contributed by atoms with Gasteiger partial charge in [-0.1, -0.05) is 34.4 Å². The number of halogens is 2. The number of ether oxygens (including phenoxy) is 2. The van der Waals surface area contributed by atoms with Gasteiger partial charge in [-0.25, -0.2) is 0 Å². The summed E-state index contributed by atoms with van der Waals surface area (Å²) in [6.45, 7) is -0.0501. The number of hydrogen-bond donors (Lipinski definition) is 1. The van der Waals surface area contributed by atoms with E-state index in [1.807, 2.05) is 0 Å². The molecule has 0 saturated heterocycles. The van der Waals surface area contributed by atoms with Crippen LogP contribution in [0.4, 0.5) is 5.69 Å². The van der Waals surface area contributed by atoms with Crippen LogP contribution < -0.4 is 14.8 Å². The highest BCUT2D eigenvalue weighted by Crippen LogP contribution is 2.34. The van der Waals surface area contributed by atoms with E-state index in [0.29, 0.717) is 32.8 Å². The topological polar surface area (TPSA) is 69.2 Å². The molecule has 0 radical (unpaired) electrons. The Morgan fingerprint density at radius 2 is 2.00 bits per heavy atom. The average molecular weight is 367 g/mol. The van der Waals surface area contributed by atoms with Gasteiger partial charge < -0.3 is 19.6 Å². The molecule has 0 aliphatic carbocycles. The van der Waals surface area contributed by atoms with Gasteiger partial charge in [0.25, 0.3) is 5.91 Å². The Balaban J connectivity index is 1.48. The highest BCUT2D eigenvalue weighted by atomic mass is 35.5. The first-order valence-electron chi connectivity index (χ1n) is 6.92. The number of hydrogen-bond acceptors (Lipinski definition) is 5. The minimum Gasteiger partial charge on any atom is -0.454 e. The van der Waals surface area contributed by atoms with Crippen molar-refractivity contribution < 1.29 is 19.1 Å². The molecular weight excluding hydrogens is 355 g/mol. The van der Waals surface area contributed by atoms with E-state index in [2.05, 4.69) is 10.5 Å². The van der Waals surface area contributed by atoms with Gasteiger partial charge in [-0.2, -0.15) is 0 Å². The smallest absolute Gasteiger partial charge is 0.265 e. The number of amides is 1. The minimum atomic E-state index is -0.347. The number of carbonyl (C=O) groups excluding carboxylic acids is 1. The first-order valence-corrected chi connectivity index (χ1v) is 7.67. The molecule has 1 N–H and O–H groups in total. The van der Waals surface area contributed by atoms with Crippen molar-refractivity contribution in [2.45, 2.75) is 0 Å². The van der Waals surface area contributed by atoms with E-state index in [-0.39, 0.29) is 19.3 Å². The lowest BCUT2D eigenvalue weighted by Crippen LogP contribution is -2.16. The van der Waals surface area contributed by atoms with Crippen LogP contribution in [0.3, 0.4) is 0 Å². The van der Waals surface area contributed by atoms with Crippen LogP contribution in [-0.4, -0.2) is 25.5 Å². The van der Waals surface area contributed by atoms with Crippen LogP contribution in [0.2, 0.25) is 10.0 Å². The Morgan fingerprint density at radius 3 is 2.83 bits per heavy atom. The molecule has 0 saturated carbocycles. The number of nitrogens with one attached hydrogen (secondary N) is 1. The molecule has 0 atom stereocenters. The number of benzene rings is 2. The fraction of sp³-hybridized carbons (Fsp3) is 0.125. The Morgan fingerprint density at radius 1 is 1.17 bits per heavy atom. The van der Waals surface area contributed by atoms with Gasteiger partial charge in [0.1, 0.15) is 0 Å². The summed E-state index contributed by atoms with van der Waals surface area (Å²) in [4.78, 5) is 16.8. The maximum atomic E-state index is 11.8. The summed E-state index contributed by atoms with van der Waals surface area (Å²) in [5, 5.41) is 7.27. The Labute approximate surface area is 147 Å². The van der Waals surface area contributed by atoms with Crippen molar-refractivity contribution in [3.63, 3.8) is 0 Å². The van der Waals surface area contributed by atoms with E-state index in [4.69, 9.17) is 37.5 Å². The minimum absolute atomic E-state index is 0.180. The lowest BCUT2D eigenvalue weighted by atomic mass is 10.2. The van der Waals surface area contributed by atoms with Gasteiger partial charge >= 0.3 is 0 Å². The molecule has 124 valence electrons. The lowest BCUT2D eigenvalue weighted by Gasteiger charge is -2.05. The van der Waals surface area contributed by atoms with E-state index in [1.54, 1.807) is 36.4 Å². The Bertz CT molecular complexity index is 796. The molecule has 0 fully saturated rings. The molecular formula is C16H12Cl2N2O4. The third-order valence-electron chi connectivity index (χ3n) is 3.07. The number of fused-ring (bicyclic) bond motifs is 1. The molecule has 1 amide bonds. The van der Waals surface area contributed by atoms with Gasteiger partial charge in [0.2, 0.25) is 6.79 Å². The predicted octanol–water partition coefficient (Wildman–Crippen LogP) is 3.71. The zero-order valence-corrected chi connectivity index (χ0v) is 13.8. The maximum absolute atomic E-state index is 11.8. The molecule has 1 aliphatic heterocycles. The van der Waals surface area contributed by atoms with Crippen LogP contribution in [0.1, 0.15) is 5.56 Å². The summed E-state index contributed by atoms with van der Waals surface area (Å²) in [5.74, 6) is 0.891. The predicted molar refractivity (Wildman–Crippen MR) is 91.2 cm³/mol. The third kappa shape index (κ3) is 4.10. The molecule has 2 aromatic rings. The largest absolute Gasteiger partial charge is 0.454 e. The zero-order chi connectivity index (χ0) is 16.9. The average Bonchev–Trinajstić information content (AvgIpc) is 3.02. The lowest BCUT2D eigenvalue weighted by molar-refractivity contribution is -0.120. The highest BCUT2D eigenvalue weighted by molar-refractivity contribution is 6.42. The fourth-order valence-electron chi connectivity index (χ4n) is 1.96. The second kappa shape index (κ2) is 7.42. The number of nitrogens with zero attached hydrogens (tertiary/aromatic N) is 1. The van der Waals surface area contributed by atoms with Gasteiger partial charge in [0.05, 0.1) is 16.3 Å². The summed E-state index contributed by atoms with van der Waals surface area (Å²) in [5.41, 5.74) is 1.29. The SMILES string of the molecule is O=C(CON=Cc1ccc(Cl)c(Cl)c1)Nc1ccc2c(c1)OCO2. The molecule has 1 heterocycles. The van der Waals surface area contributed by atoms with Crippen LogP contribution in [0.5, 0.6) is 11.5 Å². The van der Waals surface area contributed by atoms with Gasteiger partial charge in [-0.05, 0) is 29.8 Å². The summed E-state index contributed by atoms with van der Waals surface area (Å²) in [6.07, 6.45) is 1.44. The number of oxime groups is 1. The molecule has 24 heavy (non-hydrogen) atoms. The molecule has 0 bridgehead atoms. The summed E-state index contributed by atoms with van der Waals surface area (Å²) in [7, 11) is 0. The number of anilines is 1. The Kier molecular flexibility index (Phi) is 5.08. The van der Waals surface area contributed by atoms with Gasteiger partial charge in [-0.15, -0.1) is 0 Å². The Hall–Kier alpha value is -2.44. The first kappa shape index (κ1) is 16.4. The van der Waals surface area contributed by atoms with Crippen molar-refractivity contribution in [3.05, 3.63) is 52.0 Å². The van der Waals surface area contributed by atoms with Crippen LogP contribution in [0, 0.1) is 0 Å². The second-order valence-electron chi connectivity index (χ2n) is 4.80. The summed E-state index contributed by atoms with van der Waals surface area (Å²) >= 11 is 11.7. The van der Waals surface area contributed by atoms with Crippen LogP contribution in [0.25, 0.3) is 0 Å². The van der Waals surface area contributed by atoms with Crippen molar-refractivity contribution in [1.82, 2.24) is 0 Å². The molecule has 2 aromatic carbocycles. The van der Waals surface area contributed by atoms with E-state index < -0.39 is 0 Å². The van der Waals surface area contributed by atoms with Crippen LogP contribution in [0.15, 0.2) is 41.6 Å². The van der Waals surface area contributed by atoms with Crippen molar-refractivity contribution in [2.24, 2.45) is 5.16 Å². The second-order valence-corrected chi connectivity index (χ2v) is 5.61. The van der Waals surface area contributed by atoms with E-state index in [9.17, 15) is 4.79 Å². The van der Waals surface area contributed by atoms with Crippen LogP contribution >= 0.6 is 23.2 Å². The van der Waals surface area contributed by atoms with Crippen molar-refractivity contribution in [1.29, 1.82) is 0 Å². The first-order chi connectivity index (χ1) is 11.6. The molecule has 0 aromatic heterocycles. The maximum Gasteiger partial charge on any atom is 0.265 e. The van der Waals surface area contributed by atoms with E-state index in [1.165, 1.54) is 6.21 Å². The van der Waals surface area contributed by atoms with Gasteiger partial charge in [0, 0.05) is 11.8 Å². The molecule has 0 unspecified atom stereocenters. The summed E-state index contributed by atoms with van der Waals surface area (Å²) in [6, 6.07) is 10.1. The highest BCUT2D eigenvalue weighted by Gasteiger charge is 2.14. The zero-order valence-electron chi connectivity index (χ0n) is 12.3. The molecule has 1 aliphatic rings. The van der Waals surface area contributed by atoms with Crippen molar-refractivity contribution >= 4 is 41.0 Å². The normalized spacial score (nSPS) is 12.4. The molecule has 6 nitrogen and oxygen atoms in total. The number of rotatable bonds is 5. The van der Waals surface area contributed by atoms with E-state index >= 15 is 0 Å². The van der Waals surface area contributed by atoms with Gasteiger partial charge in [0.15, 0.2) is 18.1 Å². The molecule has 3 rings (SSSR count). The monoisotopic (exact) mass is 366 g/mol. The number of carbonyl (C=O) groups is 1. The summed E-state index contributed by atoms with van der Waals surface area (Å²) < 4.78 is 10.4. The van der Waals surface area contributed by atoms with Gasteiger partial charge in [-0.3, -0.25) is 4.79 Å². The van der Waals surface area contributed by atoms with E-state index in [0.717, 1.165) is 0 Å². The van der Waals surface area contributed by atoms with Crippen molar-refractivity contribution in [3.8, 4) is 11.5 Å². The standard InChI is InChI=1S/C16H12Cl2N2O4/c17-12-3-1-10(5-13(12)18)7-19-24-8-16(21)20-11-2-4-14-15(6-11)23-9-22-14/h1-7H,8-9H2,(H,20,21). The van der Waals surface area contributed by atoms with Crippen molar-refractivity contribution in [2.75, 3.05) is 18.7 Å².